The summed E-state index contributed by atoms with van der Waals surface area (Å²) in [7, 11) is -3.48. The van der Waals surface area contributed by atoms with Crippen LogP contribution in [0.2, 0.25) is 0 Å². The van der Waals surface area contributed by atoms with Crippen molar-refractivity contribution in [3.63, 3.8) is 0 Å². The van der Waals surface area contributed by atoms with E-state index in [9.17, 15) is 18.9 Å². The standard InChI is InChI=1S/C19H29O9P/c1-6-24-18(21)16(13(5)20)11-14-10-15(28-17(14)19(22)25-7-2)12-29(23,26-8-3)27-9-4/h10,16H,6-9,11-12H2,1-5H3. The molecule has 1 aromatic heterocycles. The maximum Gasteiger partial charge on any atom is 0.374 e. The highest BCUT2D eigenvalue weighted by Crippen LogP contribution is 2.51. The first-order valence-corrected chi connectivity index (χ1v) is 11.3. The molecule has 0 aromatic carbocycles. The van der Waals surface area contributed by atoms with Crippen LogP contribution in [-0.4, -0.2) is 44.1 Å². The van der Waals surface area contributed by atoms with Gasteiger partial charge in [0.1, 0.15) is 23.6 Å². The number of hydrogen-bond acceptors (Lipinski definition) is 9. The zero-order chi connectivity index (χ0) is 22.0. The second-order valence-electron chi connectivity index (χ2n) is 6.01. The molecule has 0 amide bonds. The predicted octanol–water partition coefficient (Wildman–Crippen LogP) is 3.53. The van der Waals surface area contributed by atoms with Gasteiger partial charge in [-0.05, 0) is 47.1 Å². The van der Waals surface area contributed by atoms with Crippen LogP contribution in [0.3, 0.4) is 0 Å². The topological polar surface area (TPSA) is 118 Å². The quantitative estimate of drug-likeness (QED) is 0.262. The summed E-state index contributed by atoms with van der Waals surface area (Å²) in [5, 5.41) is 0. The minimum atomic E-state index is -3.48. The smallest absolute Gasteiger partial charge is 0.374 e. The molecule has 1 unspecified atom stereocenters. The number of ether oxygens (including phenoxy) is 2. The third-order valence-electron chi connectivity index (χ3n) is 3.81. The average molecular weight is 432 g/mol. The zero-order valence-corrected chi connectivity index (χ0v) is 18.4. The van der Waals surface area contributed by atoms with Crippen molar-refractivity contribution in [1.29, 1.82) is 0 Å². The molecule has 0 bridgehead atoms. The van der Waals surface area contributed by atoms with E-state index in [2.05, 4.69) is 0 Å². The third-order valence-corrected chi connectivity index (χ3v) is 5.81. The van der Waals surface area contributed by atoms with Gasteiger partial charge in [-0.15, -0.1) is 0 Å². The Hall–Kier alpha value is -1.96. The molecule has 0 radical (unpaired) electrons. The van der Waals surface area contributed by atoms with Crippen molar-refractivity contribution in [2.75, 3.05) is 26.4 Å². The van der Waals surface area contributed by atoms with Gasteiger partial charge in [0.2, 0.25) is 5.76 Å². The first-order chi connectivity index (χ1) is 13.7. The summed E-state index contributed by atoms with van der Waals surface area (Å²) in [6.45, 7) is 8.47. The summed E-state index contributed by atoms with van der Waals surface area (Å²) in [5.74, 6) is -2.93. The molecule has 29 heavy (non-hydrogen) atoms. The van der Waals surface area contributed by atoms with Gasteiger partial charge in [0.05, 0.1) is 26.4 Å². The normalized spacial score (nSPS) is 12.4. The van der Waals surface area contributed by atoms with Crippen LogP contribution in [-0.2, 0) is 45.3 Å². The highest BCUT2D eigenvalue weighted by atomic mass is 31.2. The fourth-order valence-corrected chi connectivity index (χ4v) is 4.23. The maximum atomic E-state index is 12.8. The summed E-state index contributed by atoms with van der Waals surface area (Å²) >= 11 is 0. The number of ketones is 1. The van der Waals surface area contributed by atoms with Crippen LogP contribution in [0.5, 0.6) is 0 Å². The molecule has 0 aliphatic heterocycles. The van der Waals surface area contributed by atoms with Gasteiger partial charge in [-0.25, -0.2) is 4.79 Å². The van der Waals surface area contributed by atoms with Crippen molar-refractivity contribution in [1.82, 2.24) is 0 Å². The van der Waals surface area contributed by atoms with Crippen LogP contribution in [0.15, 0.2) is 10.5 Å². The van der Waals surface area contributed by atoms with Gasteiger partial charge in [0.25, 0.3) is 0 Å². The Kier molecular flexibility index (Phi) is 10.3. The molecule has 0 saturated heterocycles. The average Bonchev–Trinajstić information content (AvgIpc) is 3.02. The van der Waals surface area contributed by atoms with Crippen molar-refractivity contribution in [3.8, 4) is 0 Å². The first kappa shape index (κ1) is 25.1. The molecule has 1 atom stereocenters. The molecule has 0 spiro atoms. The van der Waals surface area contributed by atoms with Crippen molar-refractivity contribution in [2.45, 2.75) is 47.2 Å². The van der Waals surface area contributed by atoms with E-state index in [1.54, 1.807) is 27.7 Å². The van der Waals surface area contributed by atoms with Crippen LogP contribution in [0.4, 0.5) is 0 Å². The molecule has 1 aromatic rings. The zero-order valence-electron chi connectivity index (χ0n) is 17.5. The number of hydrogen-bond donors (Lipinski definition) is 0. The van der Waals surface area contributed by atoms with Crippen molar-refractivity contribution < 1.29 is 41.9 Å². The fraction of sp³-hybridized carbons (Fsp3) is 0.632. The Bertz CT molecular complexity index is 743. The van der Waals surface area contributed by atoms with Gasteiger partial charge in [0, 0.05) is 5.56 Å². The van der Waals surface area contributed by atoms with Gasteiger partial charge < -0.3 is 22.9 Å². The highest BCUT2D eigenvalue weighted by Gasteiger charge is 2.32. The Labute approximate surface area is 170 Å². The van der Waals surface area contributed by atoms with Crippen LogP contribution in [0.25, 0.3) is 0 Å². The predicted molar refractivity (Wildman–Crippen MR) is 104 cm³/mol. The molecule has 0 N–H and O–H groups in total. The molecule has 1 heterocycles. The number of rotatable bonds is 13. The van der Waals surface area contributed by atoms with Crippen LogP contribution < -0.4 is 0 Å². The second kappa shape index (κ2) is 11.9. The highest BCUT2D eigenvalue weighted by molar-refractivity contribution is 7.53. The fourth-order valence-electron chi connectivity index (χ4n) is 2.65. The monoisotopic (exact) mass is 432 g/mol. The lowest BCUT2D eigenvalue weighted by Crippen LogP contribution is -2.27. The van der Waals surface area contributed by atoms with E-state index in [1.807, 2.05) is 0 Å². The van der Waals surface area contributed by atoms with Gasteiger partial charge in [0.15, 0.2) is 0 Å². The maximum absolute atomic E-state index is 12.8. The molecule has 164 valence electrons. The molecule has 1 rings (SSSR count). The van der Waals surface area contributed by atoms with Gasteiger partial charge in [-0.2, -0.15) is 0 Å². The summed E-state index contributed by atoms with van der Waals surface area (Å²) in [6, 6.07) is 1.46. The van der Waals surface area contributed by atoms with Crippen molar-refractivity contribution in [2.24, 2.45) is 5.92 Å². The lowest BCUT2D eigenvalue weighted by atomic mass is 9.96. The van der Waals surface area contributed by atoms with Crippen LogP contribution >= 0.6 is 7.60 Å². The molecule has 0 fully saturated rings. The lowest BCUT2D eigenvalue weighted by Gasteiger charge is -2.15. The molecule has 9 nitrogen and oxygen atoms in total. The molecular weight excluding hydrogens is 403 g/mol. The number of esters is 2. The second-order valence-corrected chi connectivity index (χ2v) is 8.07. The molecule has 0 aliphatic carbocycles. The third kappa shape index (κ3) is 7.42. The first-order valence-electron chi connectivity index (χ1n) is 9.55. The SMILES string of the molecule is CCOC(=O)c1oc(CP(=O)(OCC)OCC)cc1CC(C(C)=O)C(=O)OCC. The van der Waals surface area contributed by atoms with E-state index >= 15 is 0 Å². The number of carbonyl (C=O) groups is 3. The van der Waals surface area contributed by atoms with Crippen molar-refractivity contribution >= 4 is 25.3 Å². The molecule has 0 saturated carbocycles. The van der Waals surface area contributed by atoms with E-state index < -0.39 is 31.2 Å². The molecule has 10 heteroatoms. The van der Waals surface area contributed by atoms with Gasteiger partial charge >= 0.3 is 19.5 Å². The Morgan fingerprint density at radius 3 is 2.07 bits per heavy atom. The molecular formula is C19H29O9P. The van der Waals surface area contributed by atoms with Crippen LogP contribution in [0.1, 0.15) is 56.5 Å². The van der Waals surface area contributed by atoms with E-state index in [4.69, 9.17) is 22.9 Å². The lowest BCUT2D eigenvalue weighted by molar-refractivity contribution is -0.151. The minimum Gasteiger partial charge on any atom is -0.465 e. The Balaban J connectivity index is 3.26. The van der Waals surface area contributed by atoms with Gasteiger partial charge in [-0.1, -0.05) is 0 Å². The van der Waals surface area contributed by atoms with E-state index in [1.165, 1.54) is 13.0 Å². The number of Topliss-reactive ketones (excluding diaryl/α,β-unsaturated/α-hetero) is 1. The van der Waals surface area contributed by atoms with E-state index in [-0.39, 0.29) is 56.1 Å². The minimum absolute atomic E-state index is 0.110. The van der Waals surface area contributed by atoms with Gasteiger partial charge in [-0.3, -0.25) is 14.2 Å². The van der Waals surface area contributed by atoms with E-state index in [0.717, 1.165) is 0 Å². The summed E-state index contributed by atoms with van der Waals surface area (Å²) in [5.41, 5.74) is 0.284. The van der Waals surface area contributed by atoms with E-state index in [0.29, 0.717) is 0 Å². The van der Waals surface area contributed by atoms with Crippen molar-refractivity contribution in [3.05, 3.63) is 23.2 Å². The Morgan fingerprint density at radius 1 is 1.00 bits per heavy atom. The number of carbonyl (C=O) groups excluding carboxylic acids is 3. The summed E-state index contributed by atoms with van der Waals surface area (Å²) < 4.78 is 38.8. The van der Waals surface area contributed by atoms with Crippen LogP contribution in [0, 0.1) is 5.92 Å². The summed E-state index contributed by atoms with van der Waals surface area (Å²) in [6.07, 6.45) is -0.315. The molecule has 0 aliphatic rings. The summed E-state index contributed by atoms with van der Waals surface area (Å²) in [4.78, 5) is 36.4. The Morgan fingerprint density at radius 2 is 1.59 bits per heavy atom. The largest absolute Gasteiger partial charge is 0.465 e. The number of furan rings is 1.